The fraction of sp³-hybridized carbons (Fsp3) is 0.182. The highest BCUT2D eigenvalue weighted by Crippen LogP contribution is 2.30. The van der Waals surface area contributed by atoms with E-state index in [2.05, 4.69) is 40.2 Å². The number of carbonyl (C=O) groups is 1. The van der Waals surface area contributed by atoms with Crippen LogP contribution in [0.4, 0.5) is 0 Å². The Morgan fingerprint density at radius 3 is 2.67 bits per heavy atom. The predicted molar refractivity (Wildman–Crippen MR) is 110 cm³/mol. The fourth-order valence-electron chi connectivity index (χ4n) is 3.34. The van der Waals surface area contributed by atoms with E-state index in [9.17, 15) is 4.79 Å². The first-order valence-electron chi connectivity index (χ1n) is 9.14. The first-order chi connectivity index (χ1) is 13.2. The van der Waals surface area contributed by atoms with Gasteiger partial charge in [0.05, 0.1) is 15.9 Å². The molecule has 0 atom stereocenters. The van der Waals surface area contributed by atoms with Crippen molar-refractivity contribution in [1.29, 1.82) is 0 Å². The van der Waals surface area contributed by atoms with Crippen LogP contribution in [0.5, 0.6) is 0 Å². The summed E-state index contributed by atoms with van der Waals surface area (Å²) < 4.78 is 2.13. The number of aryl methyl sites for hydroxylation is 1. The van der Waals surface area contributed by atoms with Crippen molar-refractivity contribution in [1.82, 2.24) is 14.9 Å². The summed E-state index contributed by atoms with van der Waals surface area (Å²) in [6.45, 7) is 2.01. The van der Waals surface area contributed by atoms with Crippen LogP contribution >= 0.6 is 11.3 Å². The zero-order chi connectivity index (χ0) is 18.4. The third-order valence-electron chi connectivity index (χ3n) is 4.88. The number of amides is 1. The third kappa shape index (κ3) is 3.04. The van der Waals surface area contributed by atoms with Crippen molar-refractivity contribution in [3.63, 3.8) is 0 Å². The van der Waals surface area contributed by atoms with Crippen LogP contribution < -0.4 is 5.32 Å². The van der Waals surface area contributed by atoms with E-state index in [1.807, 2.05) is 37.3 Å². The zero-order valence-electron chi connectivity index (χ0n) is 15.0. The molecule has 1 amide bonds. The van der Waals surface area contributed by atoms with E-state index in [1.54, 1.807) is 0 Å². The van der Waals surface area contributed by atoms with Crippen LogP contribution in [-0.4, -0.2) is 21.5 Å². The van der Waals surface area contributed by atoms with E-state index < -0.39 is 0 Å². The average molecular weight is 373 g/mol. The Morgan fingerprint density at radius 2 is 1.89 bits per heavy atom. The van der Waals surface area contributed by atoms with E-state index in [1.165, 1.54) is 16.9 Å². The molecule has 0 unspecified atom stereocenters. The lowest BCUT2D eigenvalue weighted by molar-refractivity contribution is 0.0955. The quantitative estimate of drug-likeness (QED) is 0.550. The van der Waals surface area contributed by atoms with Crippen LogP contribution in [-0.2, 0) is 0 Å². The second kappa shape index (κ2) is 6.35. The number of benzene rings is 2. The first-order valence-corrected chi connectivity index (χ1v) is 9.96. The average Bonchev–Trinajstić information content (AvgIpc) is 3.25. The Morgan fingerprint density at radius 1 is 1.07 bits per heavy atom. The van der Waals surface area contributed by atoms with Crippen molar-refractivity contribution in [3.05, 3.63) is 71.4 Å². The number of carbonyl (C=O) groups excluding carboxylic acids is 1. The van der Waals surface area contributed by atoms with Gasteiger partial charge in [-0.3, -0.25) is 9.36 Å². The summed E-state index contributed by atoms with van der Waals surface area (Å²) in [5, 5.41) is 4.07. The normalized spacial score (nSPS) is 13.8. The maximum atomic E-state index is 12.3. The number of nitrogens with one attached hydrogen (secondary N) is 1. The van der Waals surface area contributed by atoms with Gasteiger partial charge in [-0.05, 0) is 55.2 Å². The van der Waals surface area contributed by atoms with Gasteiger partial charge in [0, 0.05) is 6.04 Å². The van der Waals surface area contributed by atoms with Gasteiger partial charge in [-0.2, -0.15) is 0 Å². The first kappa shape index (κ1) is 16.3. The van der Waals surface area contributed by atoms with E-state index in [4.69, 9.17) is 4.98 Å². The van der Waals surface area contributed by atoms with Gasteiger partial charge >= 0.3 is 0 Å². The number of thiophene rings is 1. The van der Waals surface area contributed by atoms with Gasteiger partial charge in [0.25, 0.3) is 5.91 Å². The smallest absolute Gasteiger partial charge is 0.261 e. The lowest BCUT2D eigenvalue weighted by Gasteiger charge is -2.05. The molecule has 0 spiro atoms. The second-order valence-electron chi connectivity index (χ2n) is 6.95. The highest BCUT2D eigenvalue weighted by atomic mass is 32.1. The van der Waals surface area contributed by atoms with Crippen LogP contribution in [0.25, 0.3) is 27.2 Å². The maximum Gasteiger partial charge on any atom is 0.261 e. The van der Waals surface area contributed by atoms with Gasteiger partial charge in [0.15, 0.2) is 0 Å². The molecule has 0 radical (unpaired) electrons. The molecule has 5 heteroatoms. The molecule has 0 saturated heterocycles. The molecule has 2 heterocycles. The molecule has 4 nitrogen and oxygen atoms in total. The van der Waals surface area contributed by atoms with Gasteiger partial charge in [0.2, 0.25) is 0 Å². The third-order valence-corrected chi connectivity index (χ3v) is 5.95. The van der Waals surface area contributed by atoms with Crippen LogP contribution in [0.1, 0.15) is 28.3 Å². The molecule has 1 fully saturated rings. The van der Waals surface area contributed by atoms with Gasteiger partial charge < -0.3 is 5.32 Å². The monoisotopic (exact) mass is 373 g/mol. The van der Waals surface area contributed by atoms with Crippen molar-refractivity contribution in [2.45, 2.75) is 25.8 Å². The summed E-state index contributed by atoms with van der Waals surface area (Å²) in [6.07, 6.45) is 2.19. The standard InChI is InChI=1S/C22H19N3OS/c1-14-23-18-13-16(15-5-3-2-4-6-15)7-10-19(18)25(14)21-12-11-20(27-21)22(26)24-17-8-9-17/h2-7,10-13,17H,8-9H2,1H3,(H,24,26). The van der Waals surface area contributed by atoms with Crippen LogP contribution in [0.15, 0.2) is 60.7 Å². The largest absolute Gasteiger partial charge is 0.349 e. The number of hydrogen-bond donors (Lipinski definition) is 1. The molecule has 2 aromatic heterocycles. The topological polar surface area (TPSA) is 46.9 Å². The summed E-state index contributed by atoms with van der Waals surface area (Å²) in [5.74, 6) is 0.952. The minimum absolute atomic E-state index is 0.0298. The van der Waals surface area contributed by atoms with Crippen molar-refractivity contribution < 1.29 is 4.79 Å². The maximum absolute atomic E-state index is 12.3. The lowest BCUT2D eigenvalue weighted by Crippen LogP contribution is -2.24. The van der Waals surface area contributed by atoms with Gasteiger partial charge in [0.1, 0.15) is 10.8 Å². The number of hydrogen-bond acceptors (Lipinski definition) is 3. The molecule has 4 aromatic rings. The molecule has 1 N–H and O–H groups in total. The molecule has 27 heavy (non-hydrogen) atoms. The van der Waals surface area contributed by atoms with Crippen molar-refractivity contribution in [2.75, 3.05) is 0 Å². The molecule has 5 rings (SSSR count). The Bertz CT molecular complexity index is 1140. The molecule has 0 bridgehead atoms. The number of fused-ring (bicyclic) bond motifs is 1. The molecule has 2 aromatic carbocycles. The van der Waals surface area contributed by atoms with Crippen LogP contribution in [0.2, 0.25) is 0 Å². The van der Waals surface area contributed by atoms with E-state index in [-0.39, 0.29) is 5.91 Å². The molecular formula is C22H19N3OS. The minimum Gasteiger partial charge on any atom is -0.349 e. The number of nitrogens with zero attached hydrogens (tertiary/aromatic N) is 2. The van der Waals surface area contributed by atoms with Crippen LogP contribution in [0.3, 0.4) is 0 Å². The summed E-state index contributed by atoms with van der Waals surface area (Å²) in [5.41, 5.74) is 4.36. The molecule has 1 saturated carbocycles. The summed E-state index contributed by atoms with van der Waals surface area (Å²) in [4.78, 5) is 17.8. The number of rotatable bonds is 4. The number of aromatic nitrogens is 2. The van der Waals surface area contributed by atoms with Gasteiger partial charge in [-0.15, -0.1) is 11.3 Å². The fourth-order valence-corrected chi connectivity index (χ4v) is 4.31. The highest BCUT2D eigenvalue weighted by Gasteiger charge is 2.24. The minimum atomic E-state index is 0.0298. The van der Waals surface area contributed by atoms with Crippen molar-refractivity contribution >= 4 is 28.3 Å². The predicted octanol–water partition coefficient (Wildman–Crippen LogP) is 4.95. The van der Waals surface area contributed by atoms with E-state index in [0.717, 1.165) is 45.1 Å². The summed E-state index contributed by atoms with van der Waals surface area (Å²) in [6, 6.07) is 21.0. The summed E-state index contributed by atoms with van der Waals surface area (Å²) in [7, 11) is 0. The zero-order valence-corrected chi connectivity index (χ0v) is 15.8. The lowest BCUT2D eigenvalue weighted by atomic mass is 10.1. The molecule has 1 aliphatic rings. The SMILES string of the molecule is Cc1nc2cc(-c3ccccc3)ccc2n1-c1ccc(C(=O)NC2CC2)s1. The summed E-state index contributed by atoms with van der Waals surface area (Å²) >= 11 is 1.51. The Labute approximate surface area is 161 Å². The Balaban J connectivity index is 1.53. The van der Waals surface area contributed by atoms with E-state index in [0.29, 0.717) is 6.04 Å². The van der Waals surface area contributed by atoms with Crippen molar-refractivity contribution in [2.24, 2.45) is 0 Å². The van der Waals surface area contributed by atoms with Crippen molar-refractivity contribution in [3.8, 4) is 16.1 Å². The second-order valence-corrected chi connectivity index (χ2v) is 8.01. The van der Waals surface area contributed by atoms with Gasteiger partial charge in [-0.1, -0.05) is 36.4 Å². The highest BCUT2D eigenvalue weighted by molar-refractivity contribution is 7.16. The van der Waals surface area contributed by atoms with E-state index >= 15 is 0 Å². The molecule has 0 aliphatic heterocycles. The Kier molecular flexibility index (Phi) is 3.83. The molecule has 1 aliphatic carbocycles. The number of imidazole rings is 1. The Hall–Kier alpha value is -2.92. The molecule has 134 valence electrons. The molecular weight excluding hydrogens is 354 g/mol. The van der Waals surface area contributed by atoms with Gasteiger partial charge in [-0.25, -0.2) is 4.98 Å². The van der Waals surface area contributed by atoms with Crippen LogP contribution in [0, 0.1) is 6.92 Å².